The highest BCUT2D eigenvalue weighted by Gasteiger charge is 2.22. The number of aliphatic hydroxyl groups is 1. The fourth-order valence-electron chi connectivity index (χ4n) is 2.78. The zero-order valence-electron chi connectivity index (χ0n) is 16.9. The van der Waals surface area contributed by atoms with Gasteiger partial charge in [0.05, 0.1) is 30.1 Å². The van der Waals surface area contributed by atoms with Gasteiger partial charge in [0.15, 0.2) is 5.02 Å². The van der Waals surface area contributed by atoms with Gasteiger partial charge in [-0.25, -0.2) is 13.5 Å². The molecule has 8 nitrogen and oxygen atoms in total. The molecule has 0 spiro atoms. The lowest BCUT2D eigenvalue weighted by Crippen LogP contribution is -2.27. The average molecular weight is 453 g/mol. The summed E-state index contributed by atoms with van der Waals surface area (Å²) in [6.45, 7) is 4.18. The van der Waals surface area contributed by atoms with Crippen LogP contribution in [0.2, 0.25) is 5.02 Å². The van der Waals surface area contributed by atoms with Crippen molar-refractivity contribution in [1.82, 2.24) is 19.3 Å². The first-order valence-corrected chi connectivity index (χ1v) is 9.50. The van der Waals surface area contributed by atoms with E-state index in [1.54, 1.807) is 0 Å². The van der Waals surface area contributed by atoms with Gasteiger partial charge in [0.25, 0.3) is 5.56 Å². The minimum absolute atomic E-state index is 0.0627. The number of nitrogens with zero attached hydrogens (tertiary/aromatic N) is 4. The highest BCUT2D eigenvalue weighted by Crippen LogP contribution is 2.22. The molecule has 0 aliphatic heterocycles. The lowest BCUT2D eigenvalue weighted by atomic mass is 10.1. The Bertz CT molecular complexity index is 1200. The molecule has 164 valence electrons. The molecule has 3 aromatic rings. The Labute approximate surface area is 180 Å². The first kappa shape index (κ1) is 22.6. The predicted octanol–water partition coefficient (Wildman–Crippen LogP) is 3.05. The lowest BCUT2D eigenvalue weighted by molar-refractivity contribution is 0.0518. The van der Waals surface area contributed by atoms with Crippen molar-refractivity contribution >= 4 is 17.5 Å². The molecule has 0 amide bonds. The van der Waals surface area contributed by atoms with E-state index in [0.717, 1.165) is 15.3 Å². The van der Waals surface area contributed by atoms with Crippen molar-refractivity contribution in [2.75, 3.05) is 0 Å². The molecular weight excluding hydrogens is 434 g/mol. The van der Waals surface area contributed by atoms with Crippen molar-refractivity contribution in [3.8, 4) is 11.6 Å². The molecule has 0 atom stereocenters. The van der Waals surface area contributed by atoms with E-state index in [9.17, 15) is 23.5 Å². The third-order valence-corrected chi connectivity index (χ3v) is 4.53. The van der Waals surface area contributed by atoms with Gasteiger partial charge in [0.1, 0.15) is 24.1 Å². The van der Waals surface area contributed by atoms with Crippen LogP contribution >= 0.6 is 11.6 Å². The quantitative estimate of drug-likeness (QED) is 0.617. The van der Waals surface area contributed by atoms with Crippen LogP contribution in [0.1, 0.15) is 36.5 Å². The normalized spacial score (nSPS) is 11.6. The van der Waals surface area contributed by atoms with Crippen molar-refractivity contribution in [2.45, 2.75) is 39.4 Å². The highest BCUT2D eigenvalue weighted by molar-refractivity contribution is 6.31. The summed E-state index contributed by atoms with van der Waals surface area (Å²) in [5.74, 6) is -2.03. The molecule has 0 aliphatic carbocycles. The molecule has 1 N–H and O–H groups in total. The number of ether oxygens (including phenoxy) is 1. The number of benzene rings is 1. The number of carbonyl (C=O) groups excluding carboxylic acids is 1. The van der Waals surface area contributed by atoms with E-state index in [1.807, 2.05) is 0 Å². The maximum atomic E-state index is 13.8. The molecule has 3 rings (SSSR count). The van der Waals surface area contributed by atoms with Gasteiger partial charge in [0.2, 0.25) is 11.8 Å². The van der Waals surface area contributed by atoms with E-state index < -0.39 is 28.7 Å². The standard InChI is InChI=1S/C20H19ClF2N4O4/c1-11-25-18(31-10-12-4-5-13(22)6-15(12)23)17(21)19(29)27(11)14-8-24-26(9-14)16(28)7-20(2,3)30/h4-6,8-9,30H,7,10H2,1-3H3. The Kier molecular flexibility index (Phi) is 6.23. The molecule has 11 heteroatoms. The third kappa shape index (κ3) is 5.15. The maximum absolute atomic E-state index is 13.8. The Morgan fingerprint density at radius 2 is 2.03 bits per heavy atom. The Morgan fingerprint density at radius 3 is 2.68 bits per heavy atom. The zero-order chi connectivity index (χ0) is 22.9. The SMILES string of the molecule is Cc1nc(OCc2ccc(F)cc2F)c(Cl)c(=O)n1-c1cnn(C(=O)CC(C)(C)O)c1. The van der Waals surface area contributed by atoms with E-state index in [1.165, 1.54) is 39.2 Å². The average Bonchev–Trinajstić information content (AvgIpc) is 3.13. The molecular formula is C20H19ClF2N4O4. The number of rotatable bonds is 6. The molecule has 1 aromatic carbocycles. The van der Waals surface area contributed by atoms with E-state index in [0.29, 0.717) is 6.07 Å². The number of aryl methyl sites for hydroxylation is 1. The first-order valence-electron chi connectivity index (χ1n) is 9.13. The second kappa shape index (κ2) is 8.56. The minimum atomic E-state index is -1.22. The fourth-order valence-corrected chi connectivity index (χ4v) is 2.96. The second-order valence-electron chi connectivity index (χ2n) is 7.47. The number of hydrogen-bond acceptors (Lipinski definition) is 6. The predicted molar refractivity (Wildman–Crippen MR) is 108 cm³/mol. The molecule has 2 heterocycles. The molecule has 0 bridgehead atoms. The Hall–Kier alpha value is -3.11. The largest absolute Gasteiger partial charge is 0.471 e. The number of hydrogen-bond donors (Lipinski definition) is 1. The van der Waals surface area contributed by atoms with E-state index in [-0.39, 0.29) is 41.0 Å². The molecule has 31 heavy (non-hydrogen) atoms. The third-order valence-electron chi connectivity index (χ3n) is 4.21. The Balaban J connectivity index is 1.87. The van der Waals surface area contributed by atoms with Crippen LogP contribution in [0, 0.1) is 18.6 Å². The zero-order valence-corrected chi connectivity index (χ0v) is 17.7. The van der Waals surface area contributed by atoms with Crippen LogP contribution in [0.25, 0.3) is 5.69 Å². The van der Waals surface area contributed by atoms with Crippen LogP contribution in [0.15, 0.2) is 35.4 Å². The van der Waals surface area contributed by atoms with Gasteiger partial charge in [0, 0.05) is 11.6 Å². The van der Waals surface area contributed by atoms with Crippen LogP contribution in [0.3, 0.4) is 0 Å². The van der Waals surface area contributed by atoms with Crippen molar-refractivity contribution in [3.63, 3.8) is 0 Å². The molecule has 0 unspecified atom stereocenters. The summed E-state index contributed by atoms with van der Waals surface area (Å²) in [7, 11) is 0. The van der Waals surface area contributed by atoms with Gasteiger partial charge < -0.3 is 9.84 Å². The van der Waals surface area contributed by atoms with Gasteiger partial charge in [-0.2, -0.15) is 10.1 Å². The molecule has 2 aromatic heterocycles. The monoisotopic (exact) mass is 452 g/mol. The van der Waals surface area contributed by atoms with Crippen molar-refractivity contribution < 1.29 is 23.4 Å². The van der Waals surface area contributed by atoms with Crippen LogP contribution < -0.4 is 10.3 Å². The topological polar surface area (TPSA) is 99.2 Å². The van der Waals surface area contributed by atoms with Crippen LogP contribution in [0.4, 0.5) is 8.78 Å². The van der Waals surface area contributed by atoms with Gasteiger partial charge in [-0.3, -0.25) is 14.2 Å². The molecule has 0 fully saturated rings. The number of carbonyl (C=O) groups is 1. The van der Waals surface area contributed by atoms with Crippen LogP contribution in [-0.4, -0.2) is 35.9 Å². The summed E-state index contributed by atoms with van der Waals surface area (Å²) in [6, 6.07) is 3.01. The second-order valence-corrected chi connectivity index (χ2v) is 7.85. The van der Waals surface area contributed by atoms with Gasteiger partial charge >= 0.3 is 0 Å². The van der Waals surface area contributed by atoms with E-state index in [4.69, 9.17) is 16.3 Å². The van der Waals surface area contributed by atoms with Crippen molar-refractivity contribution in [2.24, 2.45) is 0 Å². The van der Waals surface area contributed by atoms with Gasteiger partial charge in [-0.05, 0) is 32.9 Å². The number of halogens is 3. The summed E-state index contributed by atoms with van der Waals surface area (Å²) >= 11 is 6.11. The summed E-state index contributed by atoms with van der Waals surface area (Å²) in [6.07, 6.45) is 2.42. The van der Waals surface area contributed by atoms with E-state index >= 15 is 0 Å². The summed E-state index contributed by atoms with van der Waals surface area (Å²) in [5, 5.41) is 13.4. The molecule has 0 saturated heterocycles. The number of aromatic nitrogens is 4. The van der Waals surface area contributed by atoms with Crippen molar-refractivity contribution in [3.05, 3.63) is 69.0 Å². The fraction of sp³-hybridized carbons (Fsp3) is 0.300. The summed E-state index contributed by atoms with van der Waals surface area (Å²) in [5.41, 5.74) is -1.60. The summed E-state index contributed by atoms with van der Waals surface area (Å²) < 4.78 is 34.3. The van der Waals surface area contributed by atoms with E-state index in [2.05, 4.69) is 10.1 Å². The molecule has 0 saturated carbocycles. The van der Waals surface area contributed by atoms with Crippen LogP contribution in [-0.2, 0) is 6.61 Å². The van der Waals surface area contributed by atoms with Gasteiger partial charge in [-0.1, -0.05) is 11.6 Å². The molecule has 0 aliphatic rings. The minimum Gasteiger partial charge on any atom is -0.471 e. The summed E-state index contributed by atoms with van der Waals surface area (Å²) in [4.78, 5) is 29.1. The Morgan fingerprint density at radius 1 is 1.32 bits per heavy atom. The van der Waals surface area contributed by atoms with Crippen molar-refractivity contribution in [1.29, 1.82) is 0 Å². The highest BCUT2D eigenvalue weighted by atomic mass is 35.5. The molecule has 0 radical (unpaired) electrons. The first-order chi connectivity index (χ1) is 14.5. The maximum Gasteiger partial charge on any atom is 0.280 e. The van der Waals surface area contributed by atoms with Gasteiger partial charge in [-0.15, -0.1) is 0 Å². The lowest BCUT2D eigenvalue weighted by Gasteiger charge is -2.15. The van der Waals surface area contributed by atoms with Crippen LogP contribution in [0.5, 0.6) is 5.88 Å². The smallest absolute Gasteiger partial charge is 0.280 e.